The molecule has 0 radical (unpaired) electrons. The van der Waals surface area contributed by atoms with Crippen molar-refractivity contribution >= 4 is 21.6 Å². The van der Waals surface area contributed by atoms with Gasteiger partial charge in [-0.05, 0) is 36.5 Å². The third kappa shape index (κ3) is 3.28. The standard InChI is InChI=1S/C13H18ClNO3S/c1-9-3-2-4-13(9)15-19(17,18)11-6-5-10(8-16)12(14)7-11/h5-7,9,13,15-16H,2-4,8H2,1H3. The zero-order chi connectivity index (χ0) is 14.0. The van der Waals surface area contributed by atoms with Crippen LogP contribution < -0.4 is 4.72 Å². The molecule has 2 atom stereocenters. The summed E-state index contributed by atoms with van der Waals surface area (Å²) >= 11 is 5.93. The molecule has 1 aliphatic carbocycles. The number of aliphatic hydroxyl groups is 1. The SMILES string of the molecule is CC1CCCC1NS(=O)(=O)c1ccc(CO)c(Cl)c1. The molecule has 2 unspecified atom stereocenters. The first-order chi connectivity index (χ1) is 8.94. The molecule has 0 aliphatic heterocycles. The Morgan fingerprint density at radius 2 is 2.16 bits per heavy atom. The van der Waals surface area contributed by atoms with Crippen LogP contribution in [0.3, 0.4) is 0 Å². The van der Waals surface area contributed by atoms with Gasteiger partial charge in [-0.1, -0.05) is 31.0 Å². The number of benzene rings is 1. The number of aliphatic hydroxyl groups excluding tert-OH is 1. The molecular formula is C13H18ClNO3S. The van der Waals surface area contributed by atoms with E-state index in [1.165, 1.54) is 18.2 Å². The number of halogens is 1. The summed E-state index contributed by atoms with van der Waals surface area (Å²) in [6.45, 7) is 1.86. The highest BCUT2D eigenvalue weighted by atomic mass is 35.5. The Bertz CT molecular complexity index is 559. The lowest BCUT2D eigenvalue weighted by Gasteiger charge is -2.17. The van der Waals surface area contributed by atoms with Crippen molar-refractivity contribution in [1.82, 2.24) is 4.72 Å². The third-order valence-electron chi connectivity index (χ3n) is 3.67. The van der Waals surface area contributed by atoms with Crippen LogP contribution in [-0.4, -0.2) is 19.6 Å². The molecular weight excluding hydrogens is 286 g/mol. The molecule has 1 saturated carbocycles. The molecule has 1 aromatic rings. The van der Waals surface area contributed by atoms with Crippen LogP contribution in [0.1, 0.15) is 31.7 Å². The van der Waals surface area contributed by atoms with Crippen LogP contribution in [0, 0.1) is 5.92 Å². The maximum atomic E-state index is 12.3. The fourth-order valence-electron chi connectivity index (χ4n) is 2.41. The van der Waals surface area contributed by atoms with E-state index in [9.17, 15) is 8.42 Å². The van der Waals surface area contributed by atoms with Gasteiger partial charge in [-0.3, -0.25) is 0 Å². The van der Waals surface area contributed by atoms with Crippen molar-refractivity contribution in [3.05, 3.63) is 28.8 Å². The Morgan fingerprint density at radius 3 is 2.68 bits per heavy atom. The number of hydrogen-bond donors (Lipinski definition) is 2. The van der Waals surface area contributed by atoms with Crippen LogP contribution in [0.2, 0.25) is 5.02 Å². The minimum atomic E-state index is -3.54. The van der Waals surface area contributed by atoms with Crippen molar-refractivity contribution in [1.29, 1.82) is 0 Å². The van der Waals surface area contributed by atoms with Gasteiger partial charge in [-0.2, -0.15) is 0 Å². The lowest BCUT2D eigenvalue weighted by atomic mass is 10.1. The van der Waals surface area contributed by atoms with Crippen molar-refractivity contribution in [2.24, 2.45) is 5.92 Å². The van der Waals surface area contributed by atoms with Crippen LogP contribution in [-0.2, 0) is 16.6 Å². The summed E-state index contributed by atoms with van der Waals surface area (Å²) in [5.74, 6) is 0.363. The van der Waals surface area contributed by atoms with E-state index in [0.717, 1.165) is 19.3 Å². The van der Waals surface area contributed by atoms with E-state index in [-0.39, 0.29) is 22.6 Å². The Balaban J connectivity index is 2.22. The molecule has 1 fully saturated rings. The number of nitrogens with one attached hydrogen (secondary N) is 1. The van der Waals surface area contributed by atoms with Crippen molar-refractivity contribution in [2.75, 3.05) is 0 Å². The second-order valence-electron chi connectivity index (χ2n) is 5.05. The number of rotatable bonds is 4. The summed E-state index contributed by atoms with van der Waals surface area (Å²) < 4.78 is 27.2. The second-order valence-corrected chi connectivity index (χ2v) is 7.17. The molecule has 6 heteroatoms. The molecule has 2 N–H and O–H groups in total. The van der Waals surface area contributed by atoms with Crippen molar-refractivity contribution in [2.45, 2.75) is 43.7 Å². The first-order valence-electron chi connectivity index (χ1n) is 6.35. The van der Waals surface area contributed by atoms with Crippen molar-refractivity contribution in [3.63, 3.8) is 0 Å². The van der Waals surface area contributed by atoms with Gasteiger partial charge in [0.05, 0.1) is 11.5 Å². The minimum absolute atomic E-state index is 0.00120. The summed E-state index contributed by atoms with van der Waals surface area (Å²) in [7, 11) is -3.54. The van der Waals surface area contributed by atoms with Crippen molar-refractivity contribution < 1.29 is 13.5 Å². The van der Waals surface area contributed by atoms with E-state index in [2.05, 4.69) is 11.6 Å². The van der Waals surface area contributed by atoms with Crippen LogP contribution in [0.4, 0.5) is 0 Å². The predicted molar refractivity (Wildman–Crippen MR) is 74.5 cm³/mol. The van der Waals surface area contributed by atoms with Gasteiger partial charge >= 0.3 is 0 Å². The van der Waals surface area contributed by atoms with E-state index < -0.39 is 10.0 Å². The molecule has 19 heavy (non-hydrogen) atoms. The largest absolute Gasteiger partial charge is 0.392 e. The normalized spacial score (nSPS) is 23.7. The highest BCUT2D eigenvalue weighted by Crippen LogP contribution is 2.27. The Hall–Kier alpha value is -0.620. The molecule has 0 spiro atoms. The average molecular weight is 304 g/mol. The molecule has 2 rings (SSSR count). The monoisotopic (exact) mass is 303 g/mol. The molecule has 0 saturated heterocycles. The zero-order valence-electron chi connectivity index (χ0n) is 10.8. The van der Waals surface area contributed by atoms with Gasteiger partial charge in [0.1, 0.15) is 0 Å². The average Bonchev–Trinajstić information content (AvgIpc) is 2.74. The fraction of sp³-hybridized carbons (Fsp3) is 0.538. The number of hydrogen-bond acceptors (Lipinski definition) is 3. The summed E-state index contributed by atoms with van der Waals surface area (Å²) in [4.78, 5) is 0.147. The van der Waals surface area contributed by atoms with Gasteiger partial charge in [0.2, 0.25) is 10.0 Å². The maximum Gasteiger partial charge on any atom is 0.240 e. The molecule has 4 nitrogen and oxygen atoms in total. The molecule has 0 amide bonds. The molecule has 0 aromatic heterocycles. The Labute approximate surface area is 118 Å². The molecule has 0 bridgehead atoms. The fourth-order valence-corrected chi connectivity index (χ4v) is 4.12. The van der Waals surface area contributed by atoms with Gasteiger partial charge in [0.15, 0.2) is 0 Å². The van der Waals surface area contributed by atoms with Gasteiger partial charge in [0, 0.05) is 11.1 Å². The lowest BCUT2D eigenvalue weighted by Crippen LogP contribution is -2.36. The first kappa shape index (κ1) is 14.8. The summed E-state index contributed by atoms with van der Waals surface area (Å²) in [5.41, 5.74) is 0.523. The van der Waals surface area contributed by atoms with E-state index in [0.29, 0.717) is 11.5 Å². The Morgan fingerprint density at radius 1 is 1.42 bits per heavy atom. The Kier molecular flexibility index (Phi) is 4.50. The lowest BCUT2D eigenvalue weighted by molar-refractivity contribution is 0.282. The summed E-state index contributed by atoms with van der Waals surface area (Å²) in [6.07, 6.45) is 2.98. The predicted octanol–water partition coefficient (Wildman–Crippen LogP) is 2.30. The highest BCUT2D eigenvalue weighted by molar-refractivity contribution is 7.89. The van der Waals surface area contributed by atoms with Crippen molar-refractivity contribution in [3.8, 4) is 0 Å². The van der Waals surface area contributed by atoms with E-state index >= 15 is 0 Å². The smallest absolute Gasteiger partial charge is 0.240 e. The maximum absolute atomic E-state index is 12.3. The van der Waals surface area contributed by atoms with Gasteiger partial charge < -0.3 is 5.11 Å². The van der Waals surface area contributed by atoms with E-state index in [1.807, 2.05) is 0 Å². The first-order valence-corrected chi connectivity index (χ1v) is 8.22. The third-order valence-corrected chi connectivity index (χ3v) is 5.51. The van der Waals surface area contributed by atoms with Gasteiger partial charge in [0.25, 0.3) is 0 Å². The topological polar surface area (TPSA) is 66.4 Å². The van der Waals surface area contributed by atoms with Crippen LogP contribution >= 0.6 is 11.6 Å². The van der Waals surface area contributed by atoms with Gasteiger partial charge in [-0.25, -0.2) is 13.1 Å². The molecule has 1 aromatic carbocycles. The quantitative estimate of drug-likeness (QED) is 0.897. The molecule has 0 heterocycles. The molecule has 1 aliphatic rings. The van der Waals surface area contributed by atoms with E-state index in [1.54, 1.807) is 0 Å². The molecule has 106 valence electrons. The zero-order valence-corrected chi connectivity index (χ0v) is 12.3. The number of sulfonamides is 1. The van der Waals surface area contributed by atoms with Crippen LogP contribution in [0.25, 0.3) is 0 Å². The second kappa shape index (κ2) is 5.79. The summed E-state index contributed by atoms with van der Waals surface area (Å²) in [6, 6.07) is 4.39. The highest BCUT2D eigenvalue weighted by Gasteiger charge is 2.28. The van der Waals surface area contributed by atoms with Crippen LogP contribution in [0.15, 0.2) is 23.1 Å². The van der Waals surface area contributed by atoms with Gasteiger partial charge in [-0.15, -0.1) is 0 Å². The summed E-state index contributed by atoms with van der Waals surface area (Å²) in [5, 5.41) is 9.30. The van der Waals surface area contributed by atoms with E-state index in [4.69, 9.17) is 16.7 Å². The minimum Gasteiger partial charge on any atom is -0.392 e. The van der Waals surface area contributed by atoms with Crippen LogP contribution in [0.5, 0.6) is 0 Å².